The first kappa shape index (κ1) is 39.6. The monoisotopic (exact) mass is 739 g/mol. The highest BCUT2D eigenvalue weighted by Crippen LogP contribution is 2.34. The fraction of sp³-hybridized carbons (Fsp3) is 0.212. The van der Waals surface area contributed by atoms with E-state index in [-0.39, 0.29) is 42.1 Å². The van der Waals surface area contributed by atoms with Crippen LogP contribution in [0.25, 0.3) is 6.08 Å². The number of sulfonamides is 2. The fourth-order valence-corrected chi connectivity index (χ4v) is 5.51. The van der Waals surface area contributed by atoms with Crippen LogP contribution in [-0.4, -0.2) is 40.2 Å². The van der Waals surface area contributed by atoms with Crippen molar-refractivity contribution in [3.8, 4) is 0 Å². The quantitative estimate of drug-likeness (QED) is 0.112. The van der Waals surface area contributed by atoms with Crippen molar-refractivity contribution in [2.24, 2.45) is 5.73 Å². The Morgan fingerprint density at radius 3 is 1.88 bits per heavy atom. The summed E-state index contributed by atoms with van der Waals surface area (Å²) in [7, 11) is -7.10. The molecule has 268 valence electrons. The van der Waals surface area contributed by atoms with Gasteiger partial charge in [-0.25, -0.2) is 25.6 Å². The molecule has 1 aromatic heterocycles. The number of hydrogen-bond donors (Lipinski definition) is 4. The molecule has 17 heteroatoms. The van der Waals surface area contributed by atoms with Crippen LogP contribution in [0.15, 0.2) is 85.1 Å². The third-order valence-corrected chi connectivity index (χ3v) is 7.81. The summed E-state index contributed by atoms with van der Waals surface area (Å²) in [4.78, 5) is 16.4. The molecule has 0 aliphatic heterocycles. The summed E-state index contributed by atoms with van der Waals surface area (Å²) in [6, 6.07) is 17.9. The number of aryl methyl sites for hydroxylation is 2. The molecule has 0 saturated heterocycles. The summed E-state index contributed by atoms with van der Waals surface area (Å²) >= 11 is 0. The maximum atomic E-state index is 14.1. The number of pyridine rings is 1. The first-order chi connectivity index (χ1) is 23.3. The predicted octanol–water partition coefficient (Wildman–Crippen LogP) is 5.38. The van der Waals surface area contributed by atoms with Crippen molar-refractivity contribution >= 4 is 43.4 Å². The van der Waals surface area contributed by atoms with Crippen molar-refractivity contribution < 1.29 is 43.6 Å². The summed E-state index contributed by atoms with van der Waals surface area (Å²) in [5.41, 5.74) is 5.97. The second-order valence-electron chi connectivity index (χ2n) is 10.8. The van der Waals surface area contributed by atoms with Gasteiger partial charge in [0.1, 0.15) is 11.6 Å². The Morgan fingerprint density at radius 1 is 0.800 bits per heavy atom. The largest absolute Gasteiger partial charge is 0.417 e. The Labute approximate surface area is 286 Å². The number of nitrogens with zero attached hydrogens (tertiary/aromatic N) is 1. The van der Waals surface area contributed by atoms with Crippen LogP contribution in [0.3, 0.4) is 0 Å². The third-order valence-electron chi connectivity index (χ3n) is 6.63. The van der Waals surface area contributed by atoms with Crippen molar-refractivity contribution in [2.75, 3.05) is 22.0 Å². The number of halogens is 5. The average molecular weight is 740 g/mol. The van der Waals surface area contributed by atoms with E-state index >= 15 is 0 Å². The minimum absolute atomic E-state index is 0.0651. The molecule has 50 heavy (non-hydrogen) atoms. The van der Waals surface area contributed by atoms with E-state index in [9.17, 15) is 43.6 Å². The molecule has 4 aromatic rings. The molecule has 0 fully saturated rings. The molecule has 0 unspecified atom stereocenters. The number of nitrogens with two attached hydrogens (primary N) is 1. The Bertz CT molecular complexity index is 2040. The van der Waals surface area contributed by atoms with E-state index in [1.54, 1.807) is 6.07 Å². The first-order valence-electron chi connectivity index (χ1n) is 14.6. The van der Waals surface area contributed by atoms with Crippen LogP contribution in [0.1, 0.15) is 33.5 Å². The van der Waals surface area contributed by atoms with Crippen LogP contribution >= 0.6 is 0 Å². The molecule has 0 aliphatic rings. The van der Waals surface area contributed by atoms with Gasteiger partial charge in [-0.2, -0.15) is 13.2 Å². The molecule has 0 aliphatic carbocycles. The lowest BCUT2D eigenvalue weighted by molar-refractivity contribution is -0.137. The molecular weight excluding hydrogens is 706 g/mol. The smallest absolute Gasteiger partial charge is 0.348 e. The van der Waals surface area contributed by atoms with Gasteiger partial charge < -0.3 is 11.1 Å². The predicted molar refractivity (Wildman–Crippen MR) is 182 cm³/mol. The number of carbonyl (C=O) groups excluding carboxylic acids is 1. The third kappa shape index (κ3) is 13.2. The number of carbonyl (C=O) groups is 1. The van der Waals surface area contributed by atoms with E-state index in [4.69, 9.17) is 5.73 Å². The van der Waals surface area contributed by atoms with E-state index < -0.39 is 49.3 Å². The van der Waals surface area contributed by atoms with Crippen LogP contribution in [0.4, 0.5) is 33.3 Å². The van der Waals surface area contributed by atoms with Crippen LogP contribution in [0, 0.1) is 11.6 Å². The molecular formula is C33H34F5N5O5S2. The fourth-order valence-electron chi connectivity index (χ4n) is 4.38. The van der Waals surface area contributed by atoms with Gasteiger partial charge in [0.25, 0.3) is 0 Å². The first-order valence-corrected chi connectivity index (χ1v) is 18.4. The summed E-state index contributed by atoms with van der Waals surface area (Å²) in [5.74, 6) is -2.16. The molecule has 0 spiro atoms. The summed E-state index contributed by atoms with van der Waals surface area (Å²) < 4.78 is 116. The molecule has 3 aromatic carbocycles. The molecule has 1 heterocycles. The highest BCUT2D eigenvalue weighted by molar-refractivity contribution is 7.92. The average Bonchev–Trinajstić information content (AvgIpc) is 3.03. The lowest BCUT2D eigenvalue weighted by Gasteiger charge is -2.14. The Morgan fingerprint density at radius 2 is 1.36 bits per heavy atom. The van der Waals surface area contributed by atoms with E-state index in [1.807, 2.05) is 35.1 Å². The maximum absolute atomic E-state index is 14.1. The Balaban J connectivity index is 0.000000403. The highest BCUT2D eigenvalue weighted by atomic mass is 32.2. The SMILES string of the molecule is CS(=O)(=O)Nc1ccc(CN)cc1F.CS(=O)(=O)Nc1ccc(CNC(=O)C=Cc2c(C(F)(F)F)ccnc2CCc2ccccc2)cc1F. The van der Waals surface area contributed by atoms with E-state index in [2.05, 4.69) is 15.0 Å². The number of alkyl halides is 3. The van der Waals surface area contributed by atoms with Gasteiger partial charge in [-0.3, -0.25) is 19.2 Å². The Hall–Kier alpha value is -4.87. The van der Waals surface area contributed by atoms with Gasteiger partial charge >= 0.3 is 6.18 Å². The molecule has 0 atom stereocenters. The van der Waals surface area contributed by atoms with Crippen molar-refractivity contribution in [1.29, 1.82) is 0 Å². The van der Waals surface area contributed by atoms with Crippen molar-refractivity contribution in [2.45, 2.75) is 32.1 Å². The number of nitrogens with one attached hydrogen (secondary N) is 3. The number of aromatic nitrogens is 1. The van der Waals surface area contributed by atoms with Crippen molar-refractivity contribution in [1.82, 2.24) is 10.3 Å². The van der Waals surface area contributed by atoms with Crippen molar-refractivity contribution in [3.05, 3.63) is 130 Å². The summed E-state index contributed by atoms with van der Waals surface area (Å²) in [6.45, 7) is 0.0926. The van der Waals surface area contributed by atoms with Gasteiger partial charge in [-0.1, -0.05) is 42.5 Å². The van der Waals surface area contributed by atoms with Crippen LogP contribution in [0.2, 0.25) is 0 Å². The molecule has 0 bridgehead atoms. The van der Waals surface area contributed by atoms with E-state index in [1.165, 1.54) is 24.3 Å². The number of anilines is 2. The minimum Gasteiger partial charge on any atom is -0.348 e. The number of hydrogen-bond acceptors (Lipinski definition) is 7. The lowest BCUT2D eigenvalue weighted by atomic mass is 10.00. The second-order valence-corrected chi connectivity index (χ2v) is 14.3. The zero-order chi connectivity index (χ0) is 37.1. The van der Waals surface area contributed by atoms with E-state index in [0.717, 1.165) is 48.6 Å². The minimum atomic E-state index is -4.64. The van der Waals surface area contributed by atoms with Crippen LogP contribution < -0.4 is 20.5 Å². The molecule has 10 nitrogen and oxygen atoms in total. The van der Waals surface area contributed by atoms with Gasteiger partial charge in [0, 0.05) is 36.6 Å². The van der Waals surface area contributed by atoms with Gasteiger partial charge in [0.2, 0.25) is 26.0 Å². The number of amides is 1. The Kier molecular flexibility index (Phi) is 13.6. The lowest BCUT2D eigenvalue weighted by Crippen LogP contribution is -2.20. The van der Waals surface area contributed by atoms with E-state index in [0.29, 0.717) is 17.5 Å². The molecule has 5 N–H and O–H groups in total. The second kappa shape index (κ2) is 17.2. The topological polar surface area (TPSA) is 160 Å². The van der Waals surface area contributed by atoms with Gasteiger partial charge in [0.15, 0.2) is 0 Å². The summed E-state index contributed by atoms with van der Waals surface area (Å²) in [5, 5.41) is 2.47. The van der Waals surface area contributed by atoms with Gasteiger partial charge in [-0.15, -0.1) is 0 Å². The van der Waals surface area contributed by atoms with Crippen LogP contribution in [-0.2, 0) is 56.9 Å². The molecule has 0 radical (unpaired) electrons. The number of benzene rings is 3. The zero-order valence-corrected chi connectivity index (χ0v) is 28.4. The molecule has 1 amide bonds. The van der Waals surface area contributed by atoms with Gasteiger partial charge in [-0.05, 0) is 65.9 Å². The highest BCUT2D eigenvalue weighted by Gasteiger charge is 2.34. The summed E-state index contributed by atoms with van der Waals surface area (Å²) in [6.07, 6.45) is 1.05. The van der Waals surface area contributed by atoms with Gasteiger partial charge in [0.05, 0.1) is 29.4 Å². The zero-order valence-electron chi connectivity index (χ0n) is 26.8. The number of rotatable bonds is 12. The van der Waals surface area contributed by atoms with Crippen molar-refractivity contribution in [3.63, 3.8) is 0 Å². The van der Waals surface area contributed by atoms with Crippen LogP contribution in [0.5, 0.6) is 0 Å². The molecule has 4 rings (SSSR count). The standard InChI is InChI=1S/C25H23F4N3O3S.C8H11FN2O2S/c1-36(34,35)32-23-11-8-18(15-21(23)26)16-31-24(33)12-9-19-20(25(27,28)29)13-14-30-22(19)10-7-17-5-3-2-4-6-17;1-14(12,13)11-8-3-2-6(5-10)4-7(8)9/h2-6,8-9,11-15,32H,7,10,16H2,1H3,(H,31,33);2-4,11H,5,10H2,1H3. The maximum Gasteiger partial charge on any atom is 0.417 e. The molecule has 0 saturated carbocycles. The normalized spacial score (nSPS) is 11.8.